The Bertz CT molecular complexity index is 1450. The Morgan fingerprint density at radius 1 is 0.857 bits per heavy atom. The lowest BCUT2D eigenvalue weighted by Gasteiger charge is -2.40. The molecule has 2 aromatic rings. The van der Waals surface area contributed by atoms with Gasteiger partial charge in [0.2, 0.25) is 0 Å². The minimum absolute atomic E-state index is 0.151. The van der Waals surface area contributed by atoms with E-state index in [9.17, 15) is 24.4 Å². The molecule has 0 spiro atoms. The number of fused-ring (bicyclic) bond motifs is 3. The maximum absolute atomic E-state index is 13.1. The van der Waals surface area contributed by atoms with Crippen LogP contribution in [0.3, 0.4) is 0 Å². The van der Waals surface area contributed by atoms with Crippen LogP contribution >= 0.6 is 0 Å². The molecular weight excluding hydrogens is 534 g/mol. The highest BCUT2D eigenvalue weighted by atomic mass is 16.6. The third-order valence-electron chi connectivity index (χ3n) is 9.74. The lowest BCUT2D eigenvalue weighted by Crippen LogP contribution is -2.46. The van der Waals surface area contributed by atoms with Crippen LogP contribution in [0.4, 0.5) is 0 Å². The highest BCUT2D eigenvalue weighted by molar-refractivity contribution is 6.01. The molecule has 0 radical (unpaired) electrons. The molecule has 8 nitrogen and oxygen atoms in total. The van der Waals surface area contributed by atoms with E-state index < -0.39 is 53.7 Å². The average molecular weight is 570 g/mol. The molecule has 8 heteroatoms. The third kappa shape index (κ3) is 5.10. The van der Waals surface area contributed by atoms with Crippen LogP contribution in [-0.2, 0) is 28.7 Å². The van der Waals surface area contributed by atoms with Gasteiger partial charge in [0.05, 0.1) is 29.9 Å². The average Bonchev–Trinajstić information content (AvgIpc) is 3.49. The summed E-state index contributed by atoms with van der Waals surface area (Å²) in [6, 6.07) is 14.9. The molecule has 2 aliphatic heterocycles. The second-order valence-corrected chi connectivity index (χ2v) is 12.2. The fourth-order valence-electron chi connectivity index (χ4n) is 7.68. The maximum atomic E-state index is 13.1. The minimum Gasteiger partial charge on any atom is -0.489 e. The van der Waals surface area contributed by atoms with Crippen molar-refractivity contribution in [1.82, 2.24) is 0 Å². The van der Waals surface area contributed by atoms with Crippen molar-refractivity contribution in [2.45, 2.75) is 88.6 Å². The number of rotatable bonds is 8. The normalized spacial score (nSPS) is 30.2. The van der Waals surface area contributed by atoms with Gasteiger partial charge in [0.15, 0.2) is 0 Å². The van der Waals surface area contributed by atoms with Crippen molar-refractivity contribution in [2.75, 3.05) is 0 Å². The number of carbonyl (C=O) groups is 4. The van der Waals surface area contributed by atoms with Gasteiger partial charge in [-0.15, -0.1) is 0 Å². The van der Waals surface area contributed by atoms with Crippen molar-refractivity contribution in [3.63, 3.8) is 0 Å². The van der Waals surface area contributed by atoms with Crippen LogP contribution in [0.5, 0.6) is 5.75 Å². The molecule has 3 fully saturated rings. The summed E-state index contributed by atoms with van der Waals surface area (Å²) in [5.74, 6) is -4.77. The van der Waals surface area contributed by atoms with E-state index in [1.54, 1.807) is 36.4 Å². The molecule has 0 N–H and O–H groups in total. The first-order valence-electron chi connectivity index (χ1n) is 15.2. The van der Waals surface area contributed by atoms with Crippen molar-refractivity contribution in [3.8, 4) is 11.8 Å². The molecule has 218 valence electrons. The smallest absolute Gasteiger partial charge is 0.322 e. The number of esters is 4. The summed E-state index contributed by atoms with van der Waals surface area (Å²) in [7, 11) is 0. The molecular formula is C34H35NO7. The molecule has 5 unspecified atom stereocenters. The van der Waals surface area contributed by atoms with E-state index in [0.717, 1.165) is 37.2 Å². The molecule has 2 aromatic carbocycles. The standard InChI is InChI=1S/C34H35NO7/c1-2-3-4-7-19-10-12-20(13-11-19)23-15-14-22(16-21(23)18-35)40-31-28(26-17-27(36)41-32(26)37)24-8-5-6-9-25(24)29-30(31)34(39)42-33(29)38/h5-6,8-9,14-16,19-20,26,28-31H,2-4,7,10-13,17H2,1H3. The van der Waals surface area contributed by atoms with Gasteiger partial charge in [0.25, 0.3) is 0 Å². The van der Waals surface area contributed by atoms with Gasteiger partial charge in [0.1, 0.15) is 17.8 Å². The molecule has 1 saturated carbocycles. The number of nitriles is 1. The zero-order valence-corrected chi connectivity index (χ0v) is 23.8. The topological polar surface area (TPSA) is 120 Å². The van der Waals surface area contributed by atoms with E-state index in [1.807, 2.05) is 6.07 Å². The van der Waals surface area contributed by atoms with Gasteiger partial charge >= 0.3 is 23.9 Å². The Morgan fingerprint density at radius 3 is 2.31 bits per heavy atom. The van der Waals surface area contributed by atoms with Gasteiger partial charge in [-0.1, -0.05) is 62.9 Å². The zero-order valence-electron chi connectivity index (χ0n) is 23.8. The third-order valence-corrected chi connectivity index (χ3v) is 9.74. The van der Waals surface area contributed by atoms with E-state index in [2.05, 4.69) is 13.0 Å². The van der Waals surface area contributed by atoms with Crippen LogP contribution < -0.4 is 4.74 Å². The zero-order chi connectivity index (χ0) is 29.4. The molecule has 5 atom stereocenters. The summed E-state index contributed by atoms with van der Waals surface area (Å²) in [4.78, 5) is 50.9. The Kier molecular flexibility index (Phi) is 7.85. The second-order valence-electron chi connectivity index (χ2n) is 12.2. The van der Waals surface area contributed by atoms with Crippen molar-refractivity contribution in [1.29, 1.82) is 5.26 Å². The van der Waals surface area contributed by atoms with Crippen molar-refractivity contribution in [3.05, 3.63) is 64.7 Å². The van der Waals surface area contributed by atoms with Crippen LogP contribution in [0.2, 0.25) is 0 Å². The van der Waals surface area contributed by atoms with Crippen LogP contribution in [0.15, 0.2) is 42.5 Å². The Morgan fingerprint density at radius 2 is 1.62 bits per heavy atom. The Labute approximate surface area is 245 Å². The van der Waals surface area contributed by atoms with Crippen molar-refractivity contribution in [2.24, 2.45) is 17.8 Å². The first-order chi connectivity index (χ1) is 20.4. The summed E-state index contributed by atoms with van der Waals surface area (Å²) in [5, 5.41) is 10.1. The predicted octanol–water partition coefficient (Wildman–Crippen LogP) is 5.83. The number of hydrogen-bond donors (Lipinski definition) is 0. The molecule has 2 aliphatic carbocycles. The Balaban J connectivity index is 1.30. The highest BCUT2D eigenvalue weighted by Gasteiger charge is 2.60. The summed E-state index contributed by atoms with van der Waals surface area (Å²) >= 11 is 0. The molecule has 0 bridgehead atoms. The van der Waals surface area contributed by atoms with Gasteiger partial charge < -0.3 is 14.2 Å². The van der Waals surface area contributed by atoms with Gasteiger partial charge in [0, 0.05) is 5.92 Å². The number of cyclic esters (lactones) is 4. The molecule has 6 rings (SSSR count). The molecule has 2 heterocycles. The minimum atomic E-state index is -1.01. The first-order valence-corrected chi connectivity index (χ1v) is 15.2. The number of nitrogens with zero attached hydrogens (tertiary/aromatic N) is 1. The fourth-order valence-corrected chi connectivity index (χ4v) is 7.68. The van der Waals surface area contributed by atoms with Gasteiger partial charge in [-0.05, 0) is 66.3 Å². The van der Waals surface area contributed by atoms with E-state index in [-0.39, 0.29) is 6.42 Å². The quantitative estimate of drug-likeness (QED) is 0.221. The van der Waals surface area contributed by atoms with Crippen LogP contribution in [0, 0.1) is 29.1 Å². The molecule has 0 aromatic heterocycles. The van der Waals surface area contributed by atoms with Crippen LogP contribution in [0.1, 0.15) is 105 Å². The largest absolute Gasteiger partial charge is 0.489 e. The molecule has 42 heavy (non-hydrogen) atoms. The Hall–Kier alpha value is -3.99. The number of benzene rings is 2. The lowest BCUT2D eigenvalue weighted by molar-refractivity contribution is -0.156. The monoisotopic (exact) mass is 569 g/mol. The SMILES string of the molecule is CCCCCC1CCC(c2ccc(OC3C4C(=O)OC(=O)C4c4ccccc4C3C3CC(=O)OC3=O)cc2C#N)CC1. The summed E-state index contributed by atoms with van der Waals surface area (Å²) < 4.78 is 16.5. The van der Waals surface area contributed by atoms with Crippen molar-refractivity contribution >= 4 is 23.9 Å². The number of ether oxygens (including phenoxy) is 3. The van der Waals surface area contributed by atoms with E-state index >= 15 is 0 Å². The second kappa shape index (κ2) is 11.7. The van der Waals surface area contributed by atoms with E-state index in [0.29, 0.717) is 28.4 Å². The lowest BCUT2D eigenvalue weighted by atomic mass is 9.65. The van der Waals surface area contributed by atoms with Gasteiger partial charge in [-0.3, -0.25) is 19.2 Å². The number of carbonyl (C=O) groups excluding carboxylic acids is 4. The number of unbranched alkanes of at least 4 members (excludes halogenated alkanes) is 2. The molecule has 2 saturated heterocycles. The van der Waals surface area contributed by atoms with Gasteiger partial charge in [-0.2, -0.15) is 5.26 Å². The molecule has 4 aliphatic rings. The first kappa shape index (κ1) is 28.1. The van der Waals surface area contributed by atoms with Crippen LogP contribution in [-0.4, -0.2) is 30.0 Å². The van der Waals surface area contributed by atoms with Crippen molar-refractivity contribution < 1.29 is 33.4 Å². The predicted molar refractivity (Wildman–Crippen MR) is 150 cm³/mol. The van der Waals surface area contributed by atoms with Crippen LogP contribution in [0.25, 0.3) is 0 Å². The number of hydrogen-bond acceptors (Lipinski definition) is 8. The van der Waals surface area contributed by atoms with E-state index in [1.165, 1.54) is 25.7 Å². The van der Waals surface area contributed by atoms with Gasteiger partial charge in [-0.25, -0.2) is 0 Å². The summed E-state index contributed by atoms with van der Waals surface area (Å²) in [5.41, 5.74) is 2.76. The fraction of sp³-hybridized carbons (Fsp3) is 0.500. The van der Waals surface area contributed by atoms with E-state index in [4.69, 9.17) is 14.2 Å². The molecule has 0 amide bonds. The summed E-state index contributed by atoms with van der Waals surface area (Å²) in [6.45, 7) is 2.22. The highest BCUT2D eigenvalue weighted by Crippen LogP contribution is 2.52. The summed E-state index contributed by atoms with van der Waals surface area (Å²) in [6.07, 6.45) is 8.34. The maximum Gasteiger partial charge on any atom is 0.322 e.